The van der Waals surface area contributed by atoms with Crippen molar-refractivity contribution in [2.45, 2.75) is 24.3 Å². The van der Waals surface area contributed by atoms with Crippen molar-refractivity contribution in [3.63, 3.8) is 0 Å². The van der Waals surface area contributed by atoms with Crippen molar-refractivity contribution in [3.8, 4) is 0 Å². The van der Waals surface area contributed by atoms with Crippen LogP contribution >= 0.6 is 12.6 Å². The van der Waals surface area contributed by atoms with E-state index in [1.54, 1.807) is 0 Å². The zero-order chi connectivity index (χ0) is 10.7. The minimum atomic E-state index is 0.394. The Labute approximate surface area is 95.7 Å². The molecule has 1 aliphatic rings. The number of nitrogens with zero attached hydrogens (tertiary/aromatic N) is 1. The van der Waals surface area contributed by atoms with Crippen molar-refractivity contribution in [1.29, 1.82) is 0 Å². The summed E-state index contributed by atoms with van der Waals surface area (Å²) in [5, 5.41) is 0. The second kappa shape index (κ2) is 4.81. The minimum Gasteiger partial charge on any atom is -0.300 e. The van der Waals surface area contributed by atoms with Crippen molar-refractivity contribution in [3.05, 3.63) is 29.8 Å². The Balaban J connectivity index is 1.97. The first kappa shape index (κ1) is 10.7. The predicted molar refractivity (Wildman–Crippen MR) is 63.2 cm³/mol. The highest BCUT2D eigenvalue weighted by Crippen LogP contribution is 2.17. The van der Waals surface area contributed by atoms with E-state index in [0.29, 0.717) is 18.6 Å². The van der Waals surface area contributed by atoms with Gasteiger partial charge in [-0.3, -0.25) is 9.69 Å². The highest BCUT2D eigenvalue weighted by Gasteiger charge is 2.16. The molecular formula is C12H15NOS. The molecule has 0 bridgehead atoms. The van der Waals surface area contributed by atoms with Crippen LogP contribution in [0, 0.1) is 0 Å². The molecular weight excluding hydrogens is 206 g/mol. The second-order valence-corrected chi connectivity index (χ2v) is 4.43. The molecule has 0 amide bonds. The van der Waals surface area contributed by atoms with Gasteiger partial charge in [-0.25, -0.2) is 0 Å². The number of hydrogen-bond donors (Lipinski definition) is 1. The smallest absolute Gasteiger partial charge is 0.135 e. The van der Waals surface area contributed by atoms with Crippen LogP contribution in [-0.2, 0) is 11.3 Å². The van der Waals surface area contributed by atoms with Crippen LogP contribution in [0.1, 0.15) is 18.4 Å². The number of carbonyl (C=O) groups is 1. The fourth-order valence-corrected chi connectivity index (χ4v) is 2.08. The topological polar surface area (TPSA) is 20.3 Å². The molecule has 0 atom stereocenters. The van der Waals surface area contributed by atoms with E-state index in [9.17, 15) is 4.79 Å². The van der Waals surface area contributed by atoms with E-state index in [-0.39, 0.29) is 0 Å². The molecule has 2 nitrogen and oxygen atoms in total. The zero-order valence-electron chi connectivity index (χ0n) is 8.65. The molecule has 0 aliphatic carbocycles. The summed E-state index contributed by atoms with van der Waals surface area (Å²) in [6.45, 7) is 2.69. The summed E-state index contributed by atoms with van der Waals surface area (Å²) in [5.41, 5.74) is 1.25. The Bertz CT molecular complexity index is 354. The standard InChI is InChI=1S/C12H15NOS/c14-11-5-7-13(8-6-11)9-10-3-1-2-4-12(10)15/h1-4,15H,5-9H2. The average molecular weight is 221 g/mol. The van der Waals surface area contributed by atoms with E-state index in [1.807, 2.05) is 18.2 Å². The van der Waals surface area contributed by atoms with Gasteiger partial charge in [0, 0.05) is 37.4 Å². The van der Waals surface area contributed by atoms with Crippen LogP contribution in [-0.4, -0.2) is 23.8 Å². The van der Waals surface area contributed by atoms with Crippen LogP contribution in [0.25, 0.3) is 0 Å². The summed E-state index contributed by atoms with van der Waals surface area (Å²) >= 11 is 4.42. The fraction of sp³-hybridized carbons (Fsp3) is 0.417. The van der Waals surface area contributed by atoms with E-state index in [4.69, 9.17) is 0 Å². The molecule has 1 saturated heterocycles. The molecule has 0 saturated carbocycles. The van der Waals surface area contributed by atoms with Gasteiger partial charge in [0.25, 0.3) is 0 Å². The maximum Gasteiger partial charge on any atom is 0.135 e. The number of carbonyl (C=O) groups excluding carboxylic acids is 1. The highest BCUT2D eigenvalue weighted by atomic mass is 32.1. The Morgan fingerprint density at radius 1 is 1.20 bits per heavy atom. The molecule has 1 fully saturated rings. The molecule has 3 heteroatoms. The lowest BCUT2D eigenvalue weighted by atomic mass is 10.1. The average Bonchev–Trinajstić information content (AvgIpc) is 2.25. The molecule has 0 N–H and O–H groups in total. The molecule has 80 valence electrons. The summed E-state index contributed by atoms with van der Waals surface area (Å²) in [5.74, 6) is 0.394. The van der Waals surface area contributed by atoms with Gasteiger partial charge in [0.15, 0.2) is 0 Å². The van der Waals surface area contributed by atoms with Crippen LogP contribution in [0.5, 0.6) is 0 Å². The van der Waals surface area contributed by atoms with Gasteiger partial charge >= 0.3 is 0 Å². The normalized spacial score (nSPS) is 18.1. The van der Waals surface area contributed by atoms with Crippen molar-refractivity contribution in [1.82, 2.24) is 4.90 Å². The first-order chi connectivity index (χ1) is 7.25. The van der Waals surface area contributed by atoms with Crippen LogP contribution in [0.15, 0.2) is 29.2 Å². The summed E-state index contributed by atoms with van der Waals surface area (Å²) in [4.78, 5) is 14.4. The monoisotopic (exact) mass is 221 g/mol. The number of hydrogen-bond acceptors (Lipinski definition) is 3. The zero-order valence-corrected chi connectivity index (χ0v) is 9.54. The van der Waals surface area contributed by atoms with Gasteiger partial charge in [-0.2, -0.15) is 0 Å². The van der Waals surface area contributed by atoms with Crippen LogP contribution in [0.2, 0.25) is 0 Å². The lowest BCUT2D eigenvalue weighted by molar-refractivity contribution is -0.121. The van der Waals surface area contributed by atoms with Crippen molar-refractivity contribution >= 4 is 18.4 Å². The van der Waals surface area contributed by atoms with E-state index >= 15 is 0 Å². The number of benzene rings is 1. The first-order valence-corrected chi connectivity index (χ1v) is 5.71. The van der Waals surface area contributed by atoms with Crippen LogP contribution < -0.4 is 0 Å². The maximum atomic E-state index is 11.1. The van der Waals surface area contributed by atoms with E-state index in [2.05, 4.69) is 23.6 Å². The van der Waals surface area contributed by atoms with E-state index in [0.717, 1.165) is 24.5 Å². The lowest BCUT2D eigenvalue weighted by Crippen LogP contribution is -2.33. The molecule has 0 spiro atoms. The molecule has 1 aromatic rings. The van der Waals surface area contributed by atoms with Gasteiger partial charge in [0.1, 0.15) is 5.78 Å². The maximum absolute atomic E-state index is 11.1. The third-order valence-electron chi connectivity index (χ3n) is 2.80. The Kier molecular flexibility index (Phi) is 3.44. The predicted octanol–water partition coefficient (Wildman–Crippen LogP) is 2.14. The Morgan fingerprint density at radius 3 is 2.53 bits per heavy atom. The fourth-order valence-electron chi connectivity index (χ4n) is 1.85. The Hall–Kier alpha value is -0.800. The molecule has 15 heavy (non-hydrogen) atoms. The van der Waals surface area contributed by atoms with Gasteiger partial charge in [-0.1, -0.05) is 18.2 Å². The van der Waals surface area contributed by atoms with Gasteiger partial charge in [0.05, 0.1) is 0 Å². The number of piperidine rings is 1. The number of ketones is 1. The molecule has 0 aromatic heterocycles. The van der Waals surface area contributed by atoms with Crippen molar-refractivity contribution in [2.75, 3.05) is 13.1 Å². The quantitative estimate of drug-likeness (QED) is 0.772. The van der Waals surface area contributed by atoms with Crippen LogP contribution in [0.4, 0.5) is 0 Å². The van der Waals surface area contributed by atoms with Gasteiger partial charge in [0.2, 0.25) is 0 Å². The third-order valence-corrected chi connectivity index (χ3v) is 3.24. The first-order valence-electron chi connectivity index (χ1n) is 5.26. The lowest BCUT2D eigenvalue weighted by Gasteiger charge is -2.26. The van der Waals surface area contributed by atoms with Crippen molar-refractivity contribution in [2.24, 2.45) is 0 Å². The molecule has 1 aliphatic heterocycles. The van der Waals surface area contributed by atoms with Crippen LogP contribution in [0.3, 0.4) is 0 Å². The van der Waals surface area contributed by atoms with E-state index < -0.39 is 0 Å². The second-order valence-electron chi connectivity index (χ2n) is 3.94. The largest absolute Gasteiger partial charge is 0.300 e. The molecule has 2 rings (SSSR count). The summed E-state index contributed by atoms with van der Waals surface area (Å²) in [6, 6.07) is 8.13. The Morgan fingerprint density at radius 2 is 1.87 bits per heavy atom. The van der Waals surface area contributed by atoms with Gasteiger partial charge in [-0.15, -0.1) is 12.6 Å². The SMILES string of the molecule is O=C1CCN(Cc2ccccc2S)CC1. The molecule has 1 aromatic carbocycles. The summed E-state index contributed by atoms with van der Waals surface area (Å²) < 4.78 is 0. The molecule has 0 radical (unpaired) electrons. The minimum absolute atomic E-state index is 0.394. The number of thiol groups is 1. The molecule has 1 heterocycles. The van der Waals surface area contributed by atoms with Crippen molar-refractivity contribution < 1.29 is 4.79 Å². The van der Waals surface area contributed by atoms with E-state index in [1.165, 1.54) is 5.56 Å². The summed E-state index contributed by atoms with van der Waals surface area (Å²) in [6.07, 6.45) is 1.41. The number of Topliss-reactive ketones (excluding diaryl/α,β-unsaturated/α-hetero) is 1. The summed E-state index contributed by atoms with van der Waals surface area (Å²) in [7, 11) is 0. The highest BCUT2D eigenvalue weighted by molar-refractivity contribution is 7.80. The number of rotatable bonds is 2. The van der Waals surface area contributed by atoms with Gasteiger partial charge < -0.3 is 0 Å². The number of likely N-dealkylation sites (tertiary alicyclic amines) is 1. The van der Waals surface area contributed by atoms with Gasteiger partial charge in [-0.05, 0) is 11.6 Å². The third kappa shape index (κ3) is 2.83. The molecule has 0 unspecified atom stereocenters.